The maximum absolute atomic E-state index is 13.5. The van der Waals surface area contributed by atoms with Crippen LogP contribution < -0.4 is 5.32 Å². The van der Waals surface area contributed by atoms with Crippen molar-refractivity contribution in [3.63, 3.8) is 0 Å². The average Bonchev–Trinajstić information content (AvgIpc) is 2.82. The molecule has 2 aromatic rings. The van der Waals surface area contributed by atoms with Crippen molar-refractivity contribution < 1.29 is 4.79 Å². The van der Waals surface area contributed by atoms with E-state index in [2.05, 4.69) is 84.4 Å². The highest BCUT2D eigenvalue weighted by molar-refractivity contribution is 5.75. The number of carbonyl (C=O) groups excluding carboxylic acids is 1. The molecule has 3 aliphatic heterocycles. The van der Waals surface area contributed by atoms with Crippen molar-refractivity contribution in [3.05, 3.63) is 70.8 Å². The molecule has 0 aromatic heterocycles. The van der Waals surface area contributed by atoms with Crippen LogP contribution in [0, 0.1) is 11.8 Å². The third-order valence-electron chi connectivity index (χ3n) is 8.07. The second-order valence-corrected chi connectivity index (χ2v) is 10.9. The van der Waals surface area contributed by atoms with E-state index in [9.17, 15) is 4.79 Å². The summed E-state index contributed by atoms with van der Waals surface area (Å²) in [5.41, 5.74) is 5.54. The highest BCUT2D eigenvalue weighted by atomic mass is 16.2. The van der Waals surface area contributed by atoms with Crippen LogP contribution in [0.25, 0.3) is 0 Å². The van der Waals surface area contributed by atoms with Crippen molar-refractivity contribution in [2.75, 3.05) is 19.6 Å². The Labute approximate surface area is 199 Å². The molecule has 2 amide bonds. The highest BCUT2D eigenvalue weighted by Crippen LogP contribution is 2.42. The van der Waals surface area contributed by atoms with E-state index in [0.717, 1.165) is 45.3 Å². The van der Waals surface area contributed by atoms with Gasteiger partial charge < -0.3 is 10.2 Å². The first-order chi connectivity index (χ1) is 16.0. The zero-order valence-corrected chi connectivity index (χ0v) is 20.5. The molecule has 4 atom stereocenters. The van der Waals surface area contributed by atoms with Crippen LogP contribution in [0.1, 0.15) is 74.4 Å². The first-order valence-electron chi connectivity index (χ1n) is 13.0. The molecule has 0 bridgehead atoms. The van der Waals surface area contributed by atoms with Gasteiger partial charge in [0.05, 0.1) is 6.04 Å². The van der Waals surface area contributed by atoms with Crippen molar-refractivity contribution in [2.24, 2.45) is 11.8 Å². The Kier molecular flexibility index (Phi) is 6.47. The third-order valence-corrected chi connectivity index (χ3v) is 8.07. The van der Waals surface area contributed by atoms with E-state index >= 15 is 0 Å². The largest absolute Gasteiger partial charge is 0.331 e. The van der Waals surface area contributed by atoms with Gasteiger partial charge in [-0.15, -0.1) is 0 Å². The van der Waals surface area contributed by atoms with Crippen molar-refractivity contribution >= 4 is 6.03 Å². The SMILES string of the molecule is CC(C)Cc1cccc([C@@H](C)NC(=O)N2CCC[C@H]3CN4CCc5ccccc5[C@H]4C[C@H]32)c1. The zero-order chi connectivity index (χ0) is 22.9. The molecule has 4 heteroatoms. The molecular formula is C29H39N3O. The first kappa shape index (κ1) is 22.5. The number of rotatable bonds is 4. The summed E-state index contributed by atoms with van der Waals surface area (Å²) in [6.07, 6.45) is 5.65. The lowest BCUT2D eigenvalue weighted by Crippen LogP contribution is -2.59. The lowest BCUT2D eigenvalue weighted by Gasteiger charge is -2.52. The maximum atomic E-state index is 13.5. The van der Waals surface area contributed by atoms with Gasteiger partial charge in [0.2, 0.25) is 0 Å². The van der Waals surface area contributed by atoms with Crippen LogP contribution in [-0.2, 0) is 12.8 Å². The fraction of sp³-hybridized carbons (Fsp3) is 0.552. The number of nitrogens with zero attached hydrogens (tertiary/aromatic N) is 2. The summed E-state index contributed by atoms with van der Waals surface area (Å²) >= 11 is 0. The van der Waals surface area contributed by atoms with Crippen LogP contribution in [0.2, 0.25) is 0 Å². The Morgan fingerprint density at radius 1 is 1.09 bits per heavy atom. The number of likely N-dealkylation sites (tertiary alicyclic amines) is 1. The predicted molar refractivity (Wildman–Crippen MR) is 134 cm³/mol. The molecule has 176 valence electrons. The molecule has 2 aromatic carbocycles. The molecule has 33 heavy (non-hydrogen) atoms. The fourth-order valence-corrected chi connectivity index (χ4v) is 6.46. The molecule has 3 heterocycles. The standard InChI is InChI=1S/C29H39N3O/c1-20(2)16-22-8-6-10-24(17-22)21(3)30-29(33)32-14-7-11-25-19-31-15-13-23-9-4-5-12-26(23)28(31)18-27(25)32/h4-6,8-10,12,17,20-21,25,27-28H,7,11,13-16,18-19H2,1-3H3,(H,30,33)/t21-,25+,27-,28-/m1/s1. The molecule has 0 aliphatic carbocycles. The van der Waals surface area contributed by atoms with Gasteiger partial charge >= 0.3 is 6.03 Å². The lowest BCUT2D eigenvalue weighted by atomic mass is 9.77. The normalized spacial score (nSPS) is 25.7. The van der Waals surface area contributed by atoms with Crippen LogP contribution in [-0.4, -0.2) is 41.5 Å². The number of benzene rings is 2. The Balaban J connectivity index is 1.30. The number of piperidine rings is 2. The van der Waals surface area contributed by atoms with E-state index in [4.69, 9.17) is 0 Å². The summed E-state index contributed by atoms with van der Waals surface area (Å²) in [5, 5.41) is 3.34. The van der Waals surface area contributed by atoms with Crippen LogP contribution in [0.3, 0.4) is 0 Å². The van der Waals surface area contributed by atoms with Gasteiger partial charge in [0.15, 0.2) is 0 Å². The number of carbonyl (C=O) groups is 1. The van der Waals surface area contributed by atoms with Crippen molar-refractivity contribution in [2.45, 2.75) is 71.0 Å². The van der Waals surface area contributed by atoms with Crippen LogP contribution in [0.4, 0.5) is 4.79 Å². The van der Waals surface area contributed by atoms with Gasteiger partial charge in [0.1, 0.15) is 0 Å². The summed E-state index contributed by atoms with van der Waals surface area (Å²) in [6.45, 7) is 9.78. The van der Waals surface area contributed by atoms with Gasteiger partial charge in [-0.3, -0.25) is 4.90 Å². The van der Waals surface area contributed by atoms with Crippen molar-refractivity contribution in [1.82, 2.24) is 15.1 Å². The Hall–Kier alpha value is -2.33. The van der Waals surface area contributed by atoms with Crippen LogP contribution >= 0.6 is 0 Å². The molecular weight excluding hydrogens is 406 g/mol. The summed E-state index contributed by atoms with van der Waals surface area (Å²) in [6, 6.07) is 18.6. The summed E-state index contributed by atoms with van der Waals surface area (Å²) in [5.74, 6) is 1.22. The Morgan fingerprint density at radius 3 is 2.79 bits per heavy atom. The molecule has 4 nitrogen and oxygen atoms in total. The first-order valence-corrected chi connectivity index (χ1v) is 13.0. The zero-order valence-electron chi connectivity index (χ0n) is 20.5. The Morgan fingerprint density at radius 2 is 1.94 bits per heavy atom. The number of fused-ring (bicyclic) bond motifs is 4. The molecule has 0 saturated carbocycles. The number of nitrogens with one attached hydrogen (secondary N) is 1. The average molecular weight is 446 g/mol. The lowest BCUT2D eigenvalue weighted by molar-refractivity contribution is 0.00533. The van der Waals surface area contributed by atoms with Gasteiger partial charge in [-0.1, -0.05) is 62.4 Å². The minimum atomic E-state index is 0.0143. The maximum Gasteiger partial charge on any atom is 0.318 e. The topological polar surface area (TPSA) is 35.6 Å². The van der Waals surface area contributed by atoms with Crippen LogP contribution in [0.15, 0.2) is 48.5 Å². The number of urea groups is 1. The molecule has 0 spiro atoms. The molecule has 1 N–H and O–H groups in total. The van der Waals surface area contributed by atoms with E-state index in [1.54, 1.807) is 0 Å². The molecule has 0 radical (unpaired) electrons. The highest BCUT2D eigenvalue weighted by Gasteiger charge is 2.44. The molecule has 2 fully saturated rings. The quantitative estimate of drug-likeness (QED) is 0.651. The van der Waals surface area contributed by atoms with Crippen LogP contribution in [0.5, 0.6) is 0 Å². The molecule has 0 unspecified atom stereocenters. The molecule has 3 aliphatic rings. The number of amides is 2. The van der Waals surface area contributed by atoms with E-state index in [-0.39, 0.29) is 12.1 Å². The van der Waals surface area contributed by atoms with E-state index in [0.29, 0.717) is 23.9 Å². The predicted octanol–water partition coefficient (Wildman–Crippen LogP) is 5.74. The van der Waals surface area contributed by atoms with E-state index in [1.165, 1.54) is 28.7 Å². The minimum Gasteiger partial charge on any atom is -0.331 e. The monoisotopic (exact) mass is 445 g/mol. The second-order valence-electron chi connectivity index (χ2n) is 10.9. The van der Waals surface area contributed by atoms with E-state index < -0.39 is 0 Å². The molecule has 2 saturated heterocycles. The smallest absolute Gasteiger partial charge is 0.318 e. The fourth-order valence-electron chi connectivity index (χ4n) is 6.46. The van der Waals surface area contributed by atoms with Gasteiger partial charge in [0, 0.05) is 31.7 Å². The number of hydrogen-bond acceptors (Lipinski definition) is 2. The van der Waals surface area contributed by atoms with Crippen molar-refractivity contribution in [3.8, 4) is 0 Å². The second kappa shape index (κ2) is 9.50. The van der Waals surface area contributed by atoms with Crippen molar-refractivity contribution in [1.29, 1.82) is 0 Å². The van der Waals surface area contributed by atoms with Gasteiger partial charge in [-0.05, 0) is 73.1 Å². The Bertz CT molecular complexity index is 986. The molecule has 5 rings (SSSR count). The van der Waals surface area contributed by atoms with Gasteiger partial charge in [-0.25, -0.2) is 4.79 Å². The summed E-state index contributed by atoms with van der Waals surface area (Å²) in [4.78, 5) is 18.4. The minimum absolute atomic E-state index is 0.0143. The summed E-state index contributed by atoms with van der Waals surface area (Å²) in [7, 11) is 0. The van der Waals surface area contributed by atoms with E-state index in [1.807, 2.05) is 0 Å². The summed E-state index contributed by atoms with van der Waals surface area (Å²) < 4.78 is 0. The number of hydrogen-bond donors (Lipinski definition) is 1. The third kappa shape index (κ3) is 4.68. The van der Waals surface area contributed by atoms with Gasteiger partial charge in [-0.2, -0.15) is 0 Å². The van der Waals surface area contributed by atoms with Gasteiger partial charge in [0.25, 0.3) is 0 Å².